The second-order valence-electron chi connectivity index (χ2n) is 19.5. The van der Waals surface area contributed by atoms with Crippen molar-refractivity contribution in [3.63, 3.8) is 0 Å². The van der Waals surface area contributed by atoms with Crippen molar-refractivity contribution in [3.8, 4) is 0 Å². The summed E-state index contributed by atoms with van der Waals surface area (Å²) in [4.78, 5) is 57.3. The molecule has 0 heterocycles. The monoisotopic (exact) mass is 898 g/mol. The number of rotatable bonds is 23. The van der Waals surface area contributed by atoms with Crippen LogP contribution in [0.3, 0.4) is 0 Å². The number of ether oxygens (including phenoxy) is 6. The van der Waals surface area contributed by atoms with E-state index in [1.165, 1.54) is 26.2 Å². The summed E-state index contributed by atoms with van der Waals surface area (Å²) in [5, 5.41) is 2.39. The van der Waals surface area contributed by atoms with Crippen molar-refractivity contribution in [1.29, 1.82) is 0 Å². The number of fused-ring (bicyclic) bond motifs is 5. The minimum atomic E-state index is -1.59. The van der Waals surface area contributed by atoms with Gasteiger partial charge in [0.15, 0.2) is 16.6 Å². The maximum absolute atomic E-state index is 11.9. The van der Waals surface area contributed by atoms with Crippen LogP contribution in [0.1, 0.15) is 107 Å². The van der Waals surface area contributed by atoms with Crippen molar-refractivity contribution < 1.29 is 56.5 Å². The van der Waals surface area contributed by atoms with Crippen LogP contribution in [0.5, 0.6) is 0 Å². The van der Waals surface area contributed by atoms with Gasteiger partial charge in [-0.1, -0.05) is 46.4 Å². The molecule has 0 aromatic carbocycles. The lowest BCUT2D eigenvalue weighted by molar-refractivity contribution is -0.157. The summed E-state index contributed by atoms with van der Waals surface area (Å²) in [7, 11) is -3.05. The molecule has 0 aromatic rings. The van der Waals surface area contributed by atoms with Crippen molar-refractivity contribution in [3.05, 3.63) is 24.3 Å². The Morgan fingerprint density at radius 2 is 1.34 bits per heavy atom. The maximum Gasteiger partial charge on any atom is 0.407 e. The van der Waals surface area contributed by atoms with Crippen LogP contribution in [0, 0.1) is 40.4 Å². The van der Waals surface area contributed by atoms with E-state index in [-0.39, 0.29) is 61.0 Å². The highest BCUT2D eigenvalue weighted by atomic mass is 28.4. The first-order valence-electron chi connectivity index (χ1n) is 22.5. The molecule has 0 spiro atoms. The molecule has 2 fully saturated rings. The molecule has 2 saturated carbocycles. The number of hydrogen-bond donors (Lipinski definition) is 1. The fourth-order valence-corrected chi connectivity index (χ4v) is 15.3. The van der Waals surface area contributed by atoms with Gasteiger partial charge in [-0.25, -0.2) is 9.59 Å². The number of carbonyl (C=O) groups is 5. The first kappa shape index (κ1) is 56.0. The lowest BCUT2D eigenvalue weighted by atomic mass is 9.80. The smallest absolute Gasteiger partial charge is 0.407 e. The van der Waals surface area contributed by atoms with Gasteiger partial charge >= 0.3 is 30.0 Å². The van der Waals surface area contributed by atoms with E-state index in [9.17, 15) is 24.0 Å². The van der Waals surface area contributed by atoms with Gasteiger partial charge in [0.05, 0.1) is 42.6 Å². The Kier molecular flexibility index (Phi) is 24.4. The normalized spacial score (nSPS) is 20.8. The van der Waals surface area contributed by atoms with Gasteiger partial charge in [-0.2, -0.15) is 0 Å². The van der Waals surface area contributed by atoms with Gasteiger partial charge in [-0.3, -0.25) is 14.4 Å². The number of allylic oxidation sites excluding steroid dienone is 2. The number of esters is 4. The van der Waals surface area contributed by atoms with E-state index in [2.05, 4.69) is 56.8 Å². The van der Waals surface area contributed by atoms with Crippen molar-refractivity contribution in [1.82, 2.24) is 5.32 Å². The molecule has 13 nitrogen and oxygen atoms in total. The van der Waals surface area contributed by atoms with Gasteiger partial charge in [0, 0.05) is 5.57 Å². The highest BCUT2D eigenvalue weighted by molar-refractivity contribution is 6.84. The molecule has 0 saturated heterocycles. The van der Waals surface area contributed by atoms with Crippen LogP contribution in [0.4, 0.5) is 4.79 Å². The quantitative estimate of drug-likeness (QED) is 0.0259. The Balaban J connectivity index is 0.000000459. The third-order valence-electron chi connectivity index (χ3n) is 11.7. The molecule has 0 aromatic heterocycles. The molecule has 0 aliphatic heterocycles. The summed E-state index contributed by atoms with van der Waals surface area (Å²) in [6, 6.07) is 1.05. The van der Waals surface area contributed by atoms with E-state index in [0.717, 1.165) is 43.1 Å². The van der Waals surface area contributed by atoms with E-state index in [1.807, 2.05) is 48.5 Å². The van der Waals surface area contributed by atoms with Crippen LogP contribution in [0.15, 0.2) is 24.3 Å². The average Bonchev–Trinajstić information content (AvgIpc) is 3.92. The van der Waals surface area contributed by atoms with Gasteiger partial charge < -0.3 is 37.9 Å². The van der Waals surface area contributed by atoms with Crippen LogP contribution in [-0.4, -0.2) is 98.9 Å². The molecule has 6 atom stereocenters. The Labute approximate surface area is 370 Å². The average molecular weight is 898 g/mol. The summed E-state index contributed by atoms with van der Waals surface area (Å²) in [6.45, 7) is 33.1. The molecular formula is C46H83NO12Si2. The molecule has 0 radical (unpaired) electrons. The van der Waals surface area contributed by atoms with Crippen LogP contribution < -0.4 is 5.32 Å². The van der Waals surface area contributed by atoms with Crippen molar-refractivity contribution >= 4 is 46.6 Å². The molecule has 1 amide bonds. The third-order valence-corrected chi connectivity index (χ3v) is 18.0. The maximum atomic E-state index is 11.9. The number of carbonyl (C=O) groups excluding carboxylic acids is 5. The zero-order valence-corrected chi connectivity index (χ0v) is 42.3. The lowest BCUT2D eigenvalue weighted by Crippen LogP contribution is -2.42. The molecule has 3 aliphatic rings. The van der Waals surface area contributed by atoms with Crippen molar-refractivity contribution in [2.45, 2.75) is 152 Å². The van der Waals surface area contributed by atoms with Crippen molar-refractivity contribution in [2.75, 3.05) is 46.2 Å². The highest BCUT2D eigenvalue weighted by Gasteiger charge is 2.52. The molecule has 2 bridgehead atoms. The SMILES string of the molecule is C=C(C)C(=O)OCCNC(=O)OCCOC(=O)C(C)CC.CCC(C)(C)C(=O)OCCC[Si](C)(C)O[Si](C)(C)C.CCC(C)(C)C(=O)OCCOC1CC2CC1C1C=CCC21. The van der Waals surface area contributed by atoms with Gasteiger partial charge in [-0.15, -0.1) is 0 Å². The summed E-state index contributed by atoms with van der Waals surface area (Å²) in [5.41, 5.74) is -0.448. The third kappa shape index (κ3) is 21.3. The molecule has 3 aliphatic carbocycles. The molecule has 15 heteroatoms. The topological polar surface area (TPSA) is 162 Å². The lowest BCUT2D eigenvalue weighted by Gasteiger charge is -2.31. The molecule has 6 unspecified atom stereocenters. The Bertz CT molecular complexity index is 1440. The number of alkyl carbamates (subject to hydrolysis) is 1. The van der Waals surface area contributed by atoms with E-state index in [4.69, 9.17) is 32.5 Å². The highest BCUT2D eigenvalue weighted by Crippen LogP contribution is 2.57. The van der Waals surface area contributed by atoms with E-state index in [0.29, 0.717) is 43.8 Å². The fraction of sp³-hybridized carbons (Fsp3) is 0.804. The Morgan fingerprint density at radius 3 is 1.90 bits per heavy atom. The van der Waals surface area contributed by atoms with Gasteiger partial charge in [0.2, 0.25) is 0 Å². The predicted molar refractivity (Wildman–Crippen MR) is 244 cm³/mol. The summed E-state index contributed by atoms with van der Waals surface area (Å²) >= 11 is 0. The van der Waals surface area contributed by atoms with E-state index >= 15 is 0 Å². The zero-order valence-electron chi connectivity index (χ0n) is 40.3. The van der Waals surface area contributed by atoms with E-state index < -0.39 is 28.7 Å². The second kappa shape index (κ2) is 26.6. The Hall–Kier alpha value is -3.02. The summed E-state index contributed by atoms with van der Waals surface area (Å²) in [6.07, 6.45) is 11.5. The molecule has 1 N–H and O–H groups in total. The van der Waals surface area contributed by atoms with Crippen LogP contribution in [0.2, 0.25) is 38.8 Å². The number of hydrogen-bond acceptors (Lipinski definition) is 12. The summed E-state index contributed by atoms with van der Waals surface area (Å²) in [5.74, 6) is 2.05. The van der Waals surface area contributed by atoms with Crippen LogP contribution in [0.25, 0.3) is 0 Å². The molecule has 3 rings (SSSR count). The van der Waals surface area contributed by atoms with Crippen molar-refractivity contribution in [2.24, 2.45) is 40.4 Å². The van der Waals surface area contributed by atoms with E-state index in [1.54, 1.807) is 6.92 Å². The number of amides is 1. The minimum absolute atomic E-state index is 0.0151. The molecule has 352 valence electrons. The van der Waals surface area contributed by atoms with Crippen LogP contribution in [-0.2, 0) is 51.7 Å². The first-order valence-corrected chi connectivity index (χ1v) is 29.1. The Morgan fingerprint density at radius 1 is 0.770 bits per heavy atom. The van der Waals surface area contributed by atoms with Gasteiger partial charge in [0.1, 0.15) is 26.4 Å². The largest absolute Gasteiger partial charge is 0.465 e. The second-order valence-corrected chi connectivity index (χ2v) is 28.6. The van der Waals surface area contributed by atoms with Crippen LogP contribution >= 0.6 is 0 Å². The molecule has 61 heavy (non-hydrogen) atoms. The first-order chi connectivity index (χ1) is 28.3. The van der Waals surface area contributed by atoms with Gasteiger partial charge in [0.25, 0.3) is 0 Å². The summed E-state index contributed by atoms with van der Waals surface area (Å²) < 4.78 is 37.4. The standard InChI is InChI=1S/C18H28O3.C14H23NO6.C14H32O3Si2/c1-4-18(2,3)17(19)21-9-8-20-16-11-12-10-15(16)14-7-5-6-13(12)14;1-5-11(4)13(17)20-8-9-21-14(18)15-6-7-19-12(16)10(2)3;1-9-14(2,3)13(15)16-11-10-12-19(7,8)17-18(4,5)6/h5,7,12-16H,4,6,8-11H2,1-3H3;11H,2,5-9H2,1,3-4H3,(H,15,18);9-12H2,1-8H3. The number of nitrogens with one attached hydrogen (secondary N) is 1. The fourth-order valence-electron chi connectivity index (χ4n) is 7.29. The predicted octanol–water partition coefficient (Wildman–Crippen LogP) is 9.42. The molecular weight excluding hydrogens is 815 g/mol. The van der Waals surface area contributed by atoms with Gasteiger partial charge in [-0.05, 0) is 142 Å². The minimum Gasteiger partial charge on any atom is -0.465 e. The zero-order chi connectivity index (χ0) is 46.6.